The van der Waals surface area contributed by atoms with Crippen molar-refractivity contribution < 1.29 is 0 Å². The van der Waals surface area contributed by atoms with E-state index in [2.05, 4.69) is 5.10 Å². The van der Waals surface area contributed by atoms with Crippen LogP contribution >= 0.6 is 0 Å². The third kappa shape index (κ3) is 1.87. The molecule has 82 valence electrons. The molecule has 0 radical (unpaired) electrons. The van der Waals surface area contributed by atoms with Crippen molar-refractivity contribution in [3.8, 4) is 0 Å². The predicted octanol–water partition coefficient (Wildman–Crippen LogP) is 2.21. The van der Waals surface area contributed by atoms with Gasteiger partial charge in [0.25, 0.3) is 0 Å². The Hall–Kier alpha value is -0.990. The molecule has 0 bridgehead atoms. The van der Waals surface area contributed by atoms with E-state index in [1.807, 2.05) is 17.8 Å². The van der Waals surface area contributed by atoms with Crippen LogP contribution in [0.25, 0.3) is 0 Å². The molecular weight excluding hydrogens is 186 g/mol. The van der Waals surface area contributed by atoms with Crippen molar-refractivity contribution in [1.29, 1.82) is 0 Å². The first kappa shape index (κ1) is 9.25. The molecule has 2 saturated carbocycles. The molecule has 0 unspecified atom stereocenters. The summed E-state index contributed by atoms with van der Waals surface area (Å²) >= 11 is 0. The molecule has 1 heterocycles. The summed E-state index contributed by atoms with van der Waals surface area (Å²) < 4.78 is 2.01. The highest BCUT2D eigenvalue weighted by molar-refractivity contribution is 5.39. The molecule has 3 rings (SSSR count). The number of hydrogen-bond acceptors (Lipinski definition) is 2. The second-order valence-corrected chi connectivity index (χ2v) is 5.22. The molecule has 3 heteroatoms. The molecule has 3 nitrogen and oxygen atoms in total. The molecule has 2 fully saturated rings. The van der Waals surface area contributed by atoms with E-state index in [1.54, 1.807) is 0 Å². The second-order valence-electron chi connectivity index (χ2n) is 5.22. The molecule has 0 spiro atoms. The van der Waals surface area contributed by atoms with Crippen molar-refractivity contribution in [3.05, 3.63) is 11.9 Å². The fourth-order valence-corrected chi connectivity index (χ4v) is 2.65. The standard InChI is InChI=1S/C12H19N3/c1-8-12(13)7-15(14-8)5-4-10-6-11(10)9-2-3-9/h7,9-11H,2-6,13H2,1H3/t10-,11+/m1/s1. The lowest BCUT2D eigenvalue weighted by molar-refractivity contribution is 0.507. The maximum Gasteiger partial charge on any atom is 0.0822 e. The number of anilines is 1. The number of nitrogens with two attached hydrogens (primary N) is 1. The van der Waals surface area contributed by atoms with Gasteiger partial charge in [-0.15, -0.1) is 0 Å². The van der Waals surface area contributed by atoms with E-state index in [0.29, 0.717) is 0 Å². The van der Waals surface area contributed by atoms with Crippen molar-refractivity contribution in [3.63, 3.8) is 0 Å². The Morgan fingerprint density at radius 1 is 1.53 bits per heavy atom. The van der Waals surface area contributed by atoms with E-state index < -0.39 is 0 Å². The zero-order valence-corrected chi connectivity index (χ0v) is 9.32. The van der Waals surface area contributed by atoms with Crippen LogP contribution in [0.3, 0.4) is 0 Å². The molecule has 1 aromatic rings. The number of rotatable bonds is 4. The minimum absolute atomic E-state index is 0.824. The number of aromatic nitrogens is 2. The molecule has 0 aromatic carbocycles. The largest absolute Gasteiger partial charge is 0.396 e. The summed E-state index contributed by atoms with van der Waals surface area (Å²) in [7, 11) is 0. The zero-order valence-electron chi connectivity index (χ0n) is 9.32. The highest BCUT2D eigenvalue weighted by atomic mass is 15.3. The van der Waals surface area contributed by atoms with Gasteiger partial charge in [0.15, 0.2) is 0 Å². The van der Waals surface area contributed by atoms with Gasteiger partial charge in [0, 0.05) is 12.7 Å². The fourth-order valence-electron chi connectivity index (χ4n) is 2.65. The lowest BCUT2D eigenvalue weighted by Gasteiger charge is -2.00. The summed E-state index contributed by atoms with van der Waals surface area (Å²) in [5.41, 5.74) is 7.55. The summed E-state index contributed by atoms with van der Waals surface area (Å²) in [6.07, 6.45) is 7.72. The van der Waals surface area contributed by atoms with Gasteiger partial charge in [0.05, 0.1) is 11.4 Å². The van der Waals surface area contributed by atoms with Gasteiger partial charge in [-0.3, -0.25) is 4.68 Å². The van der Waals surface area contributed by atoms with E-state index in [9.17, 15) is 0 Å². The van der Waals surface area contributed by atoms with Crippen LogP contribution in [-0.2, 0) is 6.54 Å². The Labute approximate surface area is 90.7 Å². The summed E-state index contributed by atoms with van der Waals surface area (Å²) in [5.74, 6) is 3.15. The minimum Gasteiger partial charge on any atom is -0.396 e. The fraction of sp³-hybridized carbons (Fsp3) is 0.750. The maximum absolute atomic E-state index is 5.76. The predicted molar refractivity (Wildman–Crippen MR) is 60.3 cm³/mol. The number of hydrogen-bond donors (Lipinski definition) is 1. The Balaban J connectivity index is 1.49. The average molecular weight is 205 g/mol. The van der Waals surface area contributed by atoms with E-state index in [0.717, 1.165) is 35.7 Å². The molecular formula is C12H19N3. The van der Waals surface area contributed by atoms with Crippen molar-refractivity contribution in [2.45, 2.75) is 39.2 Å². The third-order valence-corrected chi connectivity index (χ3v) is 3.92. The molecule has 1 aromatic heterocycles. The van der Waals surface area contributed by atoms with Gasteiger partial charge in [-0.05, 0) is 50.4 Å². The summed E-state index contributed by atoms with van der Waals surface area (Å²) in [4.78, 5) is 0. The van der Waals surface area contributed by atoms with Gasteiger partial charge in [-0.1, -0.05) is 0 Å². The topological polar surface area (TPSA) is 43.8 Å². The lowest BCUT2D eigenvalue weighted by atomic mass is 10.2. The number of aryl methyl sites for hydroxylation is 2. The van der Waals surface area contributed by atoms with E-state index in [1.165, 1.54) is 25.7 Å². The Morgan fingerprint density at radius 3 is 2.93 bits per heavy atom. The normalized spacial score (nSPS) is 29.4. The second kappa shape index (κ2) is 3.26. The summed E-state index contributed by atoms with van der Waals surface area (Å²) in [6, 6.07) is 0. The van der Waals surface area contributed by atoms with E-state index in [-0.39, 0.29) is 0 Å². The van der Waals surface area contributed by atoms with Gasteiger partial charge < -0.3 is 5.73 Å². The smallest absolute Gasteiger partial charge is 0.0822 e. The first-order chi connectivity index (χ1) is 7.24. The van der Waals surface area contributed by atoms with Crippen LogP contribution in [-0.4, -0.2) is 9.78 Å². The van der Waals surface area contributed by atoms with Crippen molar-refractivity contribution in [2.24, 2.45) is 17.8 Å². The van der Waals surface area contributed by atoms with Gasteiger partial charge in [-0.25, -0.2) is 0 Å². The van der Waals surface area contributed by atoms with Gasteiger partial charge in [-0.2, -0.15) is 5.10 Å². The highest BCUT2D eigenvalue weighted by Crippen LogP contribution is 2.55. The first-order valence-corrected chi connectivity index (χ1v) is 6.03. The van der Waals surface area contributed by atoms with Crippen LogP contribution < -0.4 is 5.73 Å². The van der Waals surface area contributed by atoms with Gasteiger partial charge in [0.1, 0.15) is 0 Å². The van der Waals surface area contributed by atoms with Crippen molar-refractivity contribution in [1.82, 2.24) is 9.78 Å². The Bertz CT molecular complexity index is 345. The number of nitrogen functional groups attached to an aromatic ring is 1. The summed E-state index contributed by atoms with van der Waals surface area (Å²) in [5, 5.41) is 4.39. The van der Waals surface area contributed by atoms with Crippen LogP contribution in [0.4, 0.5) is 5.69 Å². The minimum atomic E-state index is 0.824. The van der Waals surface area contributed by atoms with Crippen LogP contribution in [0.2, 0.25) is 0 Å². The van der Waals surface area contributed by atoms with Gasteiger partial charge >= 0.3 is 0 Å². The Morgan fingerprint density at radius 2 is 2.33 bits per heavy atom. The molecule has 2 aliphatic rings. The SMILES string of the molecule is Cc1nn(CC[C@@H]2C[C@H]2C2CC2)cc1N. The maximum atomic E-state index is 5.76. The molecule has 0 aliphatic heterocycles. The van der Waals surface area contributed by atoms with E-state index >= 15 is 0 Å². The average Bonchev–Trinajstić information content (AvgIpc) is 3.07. The van der Waals surface area contributed by atoms with E-state index in [4.69, 9.17) is 5.73 Å². The van der Waals surface area contributed by atoms with Crippen LogP contribution in [0.1, 0.15) is 31.4 Å². The third-order valence-electron chi connectivity index (χ3n) is 3.92. The molecule has 2 aliphatic carbocycles. The molecule has 15 heavy (non-hydrogen) atoms. The molecule has 2 atom stereocenters. The highest BCUT2D eigenvalue weighted by Gasteiger charge is 2.46. The summed E-state index contributed by atoms with van der Waals surface area (Å²) in [6.45, 7) is 3.02. The lowest BCUT2D eigenvalue weighted by Crippen LogP contribution is -2.00. The molecule has 2 N–H and O–H groups in total. The zero-order chi connectivity index (χ0) is 10.4. The molecule has 0 saturated heterocycles. The van der Waals surface area contributed by atoms with Crippen LogP contribution in [0.15, 0.2) is 6.20 Å². The quantitative estimate of drug-likeness (QED) is 0.819. The Kier molecular flexibility index (Phi) is 2.01. The van der Waals surface area contributed by atoms with Crippen molar-refractivity contribution in [2.75, 3.05) is 5.73 Å². The van der Waals surface area contributed by atoms with Crippen LogP contribution in [0.5, 0.6) is 0 Å². The number of nitrogens with zero attached hydrogens (tertiary/aromatic N) is 2. The van der Waals surface area contributed by atoms with Gasteiger partial charge in [0.2, 0.25) is 0 Å². The monoisotopic (exact) mass is 205 g/mol. The van der Waals surface area contributed by atoms with Crippen molar-refractivity contribution >= 4 is 5.69 Å². The molecule has 0 amide bonds. The first-order valence-electron chi connectivity index (χ1n) is 6.03. The van der Waals surface area contributed by atoms with Crippen LogP contribution in [0, 0.1) is 24.7 Å².